The summed E-state index contributed by atoms with van der Waals surface area (Å²) in [5.41, 5.74) is 4.77. The summed E-state index contributed by atoms with van der Waals surface area (Å²) in [7, 11) is 0. The second kappa shape index (κ2) is 5.88. The molecule has 1 aromatic heterocycles. The fourth-order valence-electron chi connectivity index (χ4n) is 2.20. The Morgan fingerprint density at radius 3 is 2.58 bits per heavy atom. The van der Waals surface area contributed by atoms with Gasteiger partial charge in [0.1, 0.15) is 5.75 Å². The monoisotopic (exact) mass is 293 g/mol. The average molecular weight is 293 g/mol. The van der Waals surface area contributed by atoms with E-state index in [-0.39, 0.29) is 0 Å². The maximum atomic E-state index is 5.64. The topological polar surface area (TPSA) is 25.0 Å². The van der Waals surface area contributed by atoms with Crippen LogP contribution in [0.5, 0.6) is 5.75 Å². The van der Waals surface area contributed by atoms with Crippen molar-refractivity contribution in [2.75, 3.05) is 6.61 Å². The maximum Gasteiger partial charge on any atom is 0.159 e. The third-order valence-electron chi connectivity index (χ3n) is 3.13. The van der Waals surface area contributed by atoms with Gasteiger partial charge in [0.2, 0.25) is 0 Å². The minimum atomic E-state index is 0.695. The van der Waals surface area contributed by atoms with Crippen molar-refractivity contribution in [2.24, 2.45) is 0 Å². The van der Waals surface area contributed by atoms with Crippen molar-refractivity contribution in [1.29, 1.82) is 0 Å². The van der Waals surface area contributed by atoms with Gasteiger partial charge >= 0.3 is 0 Å². The lowest BCUT2D eigenvalue weighted by molar-refractivity contribution is 0.337. The van der Waals surface area contributed by atoms with Gasteiger partial charge in [-0.25, -0.2) is 0 Å². The second-order valence-electron chi connectivity index (χ2n) is 4.53. The van der Waals surface area contributed by atoms with Crippen LogP contribution >= 0.6 is 23.6 Å². The second-order valence-corrected chi connectivity index (χ2v) is 6.30. The van der Waals surface area contributed by atoms with Gasteiger partial charge in [-0.2, -0.15) is 0 Å². The molecule has 0 fully saturated rings. The molecule has 1 N–H and O–H groups in total. The van der Waals surface area contributed by atoms with Gasteiger partial charge in [0.15, 0.2) is 3.95 Å². The number of hydrogen-bond donors (Lipinski definition) is 1. The zero-order valence-electron chi connectivity index (χ0n) is 11.8. The van der Waals surface area contributed by atoms with Crippen molar-refractivity contribution in [3.05, 3.63) is 32.1 Å². The first-order valence-corrected chi connectivity index (χ1v) is 7.75. The van der Waals surface area contributed by atoms with E-state index < -0.39 is 0 Å². The van der Waals surface area contributed by atoms with E-state index >= 15 is 0 Å². The molecule has 2 nitrogen and oxygen atoms in total. The number of rotatable bonds is 4. The van der Waals surface area contributed by atoms with E-state index in [0.717, 1.165) is 21.7 Å². The van der Waals surface area contributed by atoms with E-state index in [1.165, 1.54) is 21.7 Å². The fraction of sp³-hybridized carbons (Fsp3) is 0.400. The highest BCUT2D eigenvalue weighted by atomic mass is 32.1. The van der Waals surface area contributed by atoms with Crippen LogP contribution in [0.25, 0.3) is 11.3 Å². The van der Waals surface area contributed by atoms with Gasteiger partial charge in [0, 0.05) is 10.4 Å². The number of thiazole rings is 1. The van der Waals surface area contributed by atoms with Crippen molar-refractivity contribution in [3.8, 4) is 17.0 Å². The molecular formula is C15H19NOS2. The summed E-state index contributed by atoms with van der Waals surface area (Å²) in [5, 5.41) is 0. The summed E-state index contributed by atoms with van der Waals surface area (Å²) in [5.74, 6) is 0.968. The van der Waals surface area contributed by atoms with E-state index in [1.807, 2.05) is 6.92 Å². The van der Waals surface area contributed by atoms with E-state index in [0.29, 0.717) is 6.61 Å². The fourth-order valence-corrected chi connectivity index (χ4v) is 3.38. The van der Waals surface area contributed by atoms with Gasteiger partial charge in [-0.1, -0.05) is 6.92 Å². The summed E-state index contributed by atoms with van der Waals surface area (Å²) in [6.45, 7) is 9.06. The molecule has 1 heterocycles. The van der Waals surface area contributed by atoms with Gasteiger partial charge in [0.25, 0.3) is 0 Å². The third kappa shape index (κ3) is 2.90. The van der Waals surface area contributed by atoms with Crippen LogP contribution in [0.2, 0.25) is 0 Å². The molecule has 4 heteroatoms. The molecule has 0 atom stereocenters. The summed E-state index contributed by atoms with van der Waals surface area (Å²) in [6, 6.07) is 4.30. The first-order chi connectivity index (χ1) is 9.06. The lowest BCUT2D eigenvalue weighted by Gasteiger charge is -2.12. The predicted octanol–water partition coefficient (Wildman–Crippen LogP) is 5.05. The molecule has 0 saturated carbocycles. The van der Waals surface area contributed by atoms with Crippen molar-refractivity contribution in [2.45, 2.75) is 34.1 Å². The van der Waals surface area contributed by atoms with Crippen molar-refractivity contribution >= 4 is 23.6 Å². The van der Waals surface area contributed by atoms with E-state index in [4.69, 9.17) is 17.0 Å². The smallest absolute Gasteiger partial charge is 0.159 e. The zero-order chi connectivity index (χ0) is 14.0. The molecule has 0 spiro atoms. The minimum absolute atomic E-state index is 0.695. The number of aromatic nitrogens is 1. The SMILES string of the molecule is CCOc1cc(C)c(-c2[nH]c(=S)sc2CC)cc1C. The van der Waals surface area contributed by atoms with Gasteiger partial charge in [0.05, 0.1) is 12.3 Å². The first-order valence-electron chi connectivity index (χ1n) is 6.53. The lowest BCUT2D eigenvalue weighted by Crippen LogP contribution is -1.96. The van der Waals surface area contributed by atoms with Crippen molar-refractivity contribution in [1.82, 2.24) is 4.98 Å². The van der Waals surface area contributed by atoms with Crippen LogP contribution < -0.4 is 4.74 Å². The molecule has 0 radical (unpaired) electrons. The van der Waals surface area contributed by atoms with E-state index in [1.54, 1.807) is 11.3 Å². The van der Waals surface area contributed by atoms with Crippen LogP contribution in [0.15, 0.2) is 12.1 Å². The summed E-state index contributed by atoms with van der Waals surface area (Å²) >= 11 is 6.93. The quantitative estimate of drug-likeness (QED) is 0.798. The summed E-state index contributed by atoms with van der Waals surface area (Å²) in [4.78, 5) is 4.64. The minimum Gasteiger partial charge on any atom is -0.494 e. The molecule has 1 aromatic carbocycles. The van der Waals surface area contributed by atoms with Crippen LogP contribution in [-0.2, 0) is 6.42 Å². The van der Waals surface area contributed by atoms with Crippen LogP contribution in [0.4, 0.5) is 0 Å². The number of H-pyrrole nitrogens is 1. The van der Waals surface area contributed by atoms with Crippen LogP contribution in [-0.4, -0.2) is 11.6 Å². The van der Waals surface area contributed by atoms with Gasteiger partial charge in [-0.15, -0.1) is 11.3 Å². The highest BCUT2D eigenvalue weighted by Crippen LogP contribution is 2.33. The number of hydrogen-bond acceptors (Lipinski definition) is 3. The van der Waals surface area contributed by atoms with E-state index in [9.17, 15) is 0 Å². The molecule has 102 valence electrons. The molecule has 0 bridgehead atoms. The Hall–Kier alpha value is -1.13. The molecule has 19 heavy (non-hydrogen) atoms. The normalized spacial score (nSPS) is 10.7. The summed E-state index contributed by atoms with van der Waals surface area (Å²) < 4.78 is 6.49. The summed E-state index contributed by atoms with van der Waals surface area (Å²) in [6.07, 6.45) is 0.999. The average Bonchev–Trinajstić information content (AvgIpc) is 2.75. The van der Waals surface area contributed by atoms with E-state index in [2.05, 4.69) is 37.9 Å². The Morgan fingerprint density at radius 1 is 1.21 bits per heavy atom. The largest absolute Gasteiger partial charge is 0.494 e. The number of ether oxygens (including phenoxy) is 1. The van der Waals surface area contributed by atoms with Crippen molar-refractivity contribution in [3.63, 3.8) is 0 Å². The molecule has 0 aliphatic rings. The van der Waals surface area contributed by atoms with Gasteiger partial charge in [-0.3, -0.25) is 0 Å². The van der Waals surface area contributed by atoms with Gasteiger partial charge in [-0.05, 0) is 62.7 Å². The Morgan fingerprint density at radius 2 is 1.95 bits per heavy atom. The number of aryl methyl sites for hydroxylation is 3. The standard InChI is InChI=1S/C15H19NOS2/c1-5-13-14(16-15(18)19-13)11-7-10(4)12(17-6-2)8-9(11)3/h7-8H,5-6H2,1-4H3,(H,16,18). The Labute approximate surface area is 123 Å². The molecule has 0 aliphatic carbocycles. The Bertz CT molecular complexity index is 640. The maximum absolute atomic E-state index is 5.64. The first kappa shape index (κ1) is 14.3. The number of aromatic amines is 1. The van der Waals surface area contributed by atoms with Crippen LogP contribution in [0, 0.1) is 17.8 Å². The Kier molecular flexibility index (Phi) is 4.42. The molecule has 0 amide bonds. The molecular weight excluding hydrogens is 274 g/mol. The highest BCUT2D eigenvalue weighted by molar-refractivity contribution is 7.73. The van der Waals surface area contributed by atoms with Gasteiger partial charge < -0.3 is 9.72 Å². The number of nitrogens with one attached hydrogen (secondary N) is 1. The zero-order valence-corrected chi connectivity index (χ0v) is 13.4. The molecule has 0 saturated heterocycles. The van der Waals surface area contributed by atoms with Crippen LogP contribution in [0.3, 0.4) is 0 Å². The Balaban J connectivity index is 2.56. The highest BCUT2D eigenvalue weighted by Gasteiger charge is 2.12. The van der Waals surface area contributed by atoms with Crippen molar-refractivity contribution < 1.29 is 4.74 Å². The molecule has 2 aromatic rings. The molecule has 0 unspecified atom stereocenters. The lowest BCUT2D eigenvalue weighted by atomic mass is 10.0. The molecule has 2 rings (SSSR count). The third-order valence-corrected chi connectivity index (χ3v) is 4.51. The van der Waals surface area contributed by atoms with Crippen LogP contribution in [0.1, 0.15) is 29.9 Å². The predicted molar refractivity (Wildman–Crippen MR) is 85.0 cm³/mol. The molecule has 0 aliphatic heterocycles. The number of benzene rings is 1.